The summed E-state index contributed by atoms with van der Waals surface area (Å²) in [6, 6.07) is 3.44. The molecule has 2 atom stereocenters. The van der Waals surface area contributed by atoms with Gasteiger partial charge in [0.25, 0.3) is 0 Å². The van der Waals surface area contributed by atoms with Crippen molar-refractivity contribution in [2.75, 3.05) is 5.32 Å². The molecule has 0 radical (unpaired) electrons. The maximum Gasteiger partial charge on any atom is 0.307 e. The lowest BCUT2D eigenvalue weighted by Gasteiger charge is -2.15. The van der Waals surface area contributed by atoms with Crippen LogP contribution in [0.5, 0.6) is 0 Å². The molecular weight excluding hydrogens is 300 g/mol. The van der Waals surface area contributed by atoms with E-state index in [1.54, 1.807) is 19.1 Å². The molecule has 1 aromatic rings. The molecule has 2 N–H and O–H groups in total. The van der Waals surface area contributed by atoms with Crippen LogP contribution in [0.4, 0.5) is 5.82 Å². The monoisotopic (exact) mass is 314 g/mol. The summed E-state index contributed by atoms with van der Waals surface area (Å²) < 4.78 is 0.854. The van der Waals surface area contributed by atoms with E-state index in [1.807, 2.05) is 6.92 Å². The summed E-state index contributed by atoms with van der Waals surface area (Å²) in [6.07, 6.45) is 0. The number of hydrogen-bond donors (Lipinski definition) is 2. The standard InChI is InChI=1S/C12H15BrN2O3/c1-6(7(2)12(17)18)11(16)15-10-5-4-9(13)8(3)14-10/h4-7H,1-3H3,(H,17,18)(H,14,15,16). The van der Waals surface area contributed by atoms with E-state index in [0.717, 1.165) is 10.2 Å². The highest BCUT2D eigenvalue weighted by atomic mass is 79.9. The van der Waals surface area contributed by atoms with Crippen LogP contribution in [0.25, 0.3) is 0 Å². The van der Waals surface area contributed by atoms with Gasteiger partial charge in [-0.1, -0.05) is 13.8 Å². The molecule has 6 heteroatoms. The zero-order valence-corrected chi connectivity index (χ0v) is 12.0. The number of amides is 1. The molecule has 0 aliphatic carbocycles. The van der Waals surface area contributed by atoms with Crippen molar-refractivity contribution in [3.05, 3.63) is 22.3 Å². The third-order valence-corrected chi connectivity index (χ3v) is 3.66. The molecule has 1 rings (SSSR count). The van der Waals surface area contributed by atoms with Gasteiger partial charge in [0.2, 0.25) is 5.91 Å². The van der Waals surface area contributed by atoms with Crippen molar-refractivity contribution < 1.29 is 14.7 Å². The maximum absolute atomic E-state index is 11.8. The van der Waals surface area contributed by atoms with E-state index < -0.39 is 17.8 Å². The maximum atomic E-state index is 11.8. The molecule has 1 heterocycles. The number of rotatable bonds is 4. The summed E-state index contributed by atoms with van der Waals surface area (Å²) in [5.41, 5.74) is 0.756. The number of carboxylic acids is 1. The smallest absolute Gasteiger partial charge is 0.307 e. The fourth-order valence-corrected chi connectivity index (χ4v) is 1.52. The van der Waals surface area contributed by atoms with E-state index in [9.17, 15) is 9.59 Å². The second kappa shape index (κ2) is 5.95. The van der Waals surface area contributed by atoms with Crippen molar-refractivity contribution in [1.82, 2.24) is 4.98 Å². The molecule has 0 aliphatic heterocycles. The van der Waals surface area contributed by atoms with E-state index in [2.05, 4.69) is 26.2 Å². The van der Waals surface area contributed by atoms with Crippen LogP contribution < -0.4 is 5.32 Å². The molecule has 0 saturated carbocycles. The molecular formula is C12H15BrN2O3. The quantitative estimate of drug-likeness (QED) is 0.894. The molecule has 0 fully saturated rings. The Morgan fingerprint density at radius 1 is 1.33 bits per heavy atom. The molecule has 98 valence electrons. The van der Waals surface area contributed by atoms with Crippen LogP contribution in [0.2, 0.25) is 0 Å². The number of aliphatic carboxylic acids is 1. The number of aromatic nitrogens is 1. The lowest BCUT2D eigenvalue weighted by Crippen LogP contribution is -2.30. The predicted molar refractivity (Wildman–Crippen MR) is 71.3 cm³/mol. The largest absolute Gasteiger partial charge is 0.481 e. The molecule has 1 amide bonds. The lowest BCUT2D eigenvalue weighted by atomic mass is 9.95. The van der Waals surface area contributed by atoms with Crippen LogP contribution in [-0.2, 0) is 9.59 Å². The van der Waals surface area contributed by atoms with Gasteiger partial charge >= 0.3 is 5.97 Å². The number of carboxylic acid groups (broad SMARTS) is 1. The molecule has 0 bridgehead atoms. The number of pyridine rings is 1. The number of anilines is 1. The Morgan fingerprint density at radius 2 is 1.94 bits per heavy atom. The highest BCUT2D eigenvalue weighted by Crippen LogP contribution is 2.18. The fraction of sp³-hybridized carbons (Fsp3) is 0.417. The van der Waals surface area contributed by atoms with E-state index in [4.69, 9.17) is 5.11 Å². The van der Waals surface area contributed by atoms with Crippen LogP contribution in [0.1, 0.15) is 19.5 Å². The number of aryl methyl sites for hydroxylation is 1. The van der Waals surface area contributed by atoms with Gasteiger partial charge < -0.3 is 10.4 Å². The molecule has 5 nitrogen and oxygen atoms in total. The third-order valence-electron chi connectivity index (χ3n) is 2.83. The Kier molecular flexibility index (Phi) is 4.84. The third kappa shape index (κ3) is 3.53. The van der Waals surface area contributed by atoms with Gasteiger partial charge in [-0.25, -0.2) is 4.98 Å². The predicted octanol–water partition coefficient (Wildman–Crippen LogP) is 2.45. The van der Waals surface area contributed by atoms with Gasteiger partial charge in [0, 0.05) is 10.4 Å². The highest BCUT2D eigenvalue weighted by Gasteiger charge is 2.25. The Hall–Kier alpha value is -1.43. The molecule has 0 saturated heterocycles. The summed E-state index contributed by atoms with van der Waals surface area (Å²) in [4.78, 5) is 26.8. The number of carbonyl (C=O) groups is 2. The van der Waals surface area contributed by atoms with E-state index in [1.165, 1.54) is 6.92 Å². The van der Waals surface area contributed by atoms with Gasteiger partial charge in [0.05, 0.1) is 11.6 Å². The minimum atomic E-state index is -0.988. The normalized spacial score (nSPS) is 13.8. The average molecular weight is 315 g/mol. The summed E-state index contributed by atoms with van der Waals surface area (Å²) in [6.45, 7) is 4.90. The summed E-state index contributed by atoms with van der Waals surface area (Å²) in [5, 5.41) is 11.5. The van der Waals surface area contributed by atoms with Crippen LogP contribution in [0.15, 0.2) is 16.6 Å². The van der Waals surface area contributed by atoms with Crippen LogP contribution in [-0.4, -0.2) is 22.0 Å². The fourth-order valence-electron chi connectivity index (χ4n) is 1.29. The summed E-state index contributed by atoms with van der Waals surface area (Å²) >= 11 is 3.31. The van der Waals surface area contributed by atoms with Crippen molar-refractivity contribution in [2.24, 2.45) is 11.8 Å². The number of carbonyl (C=O) groups excluding carboxylic acids is 1. The van der Waals surface area contributed by atoms with E-state index in [0.29, 0.717) is 5.82 Å². The van der Waals surface area contributed by atoms with Crippen molar-refractivity contribution in [1.29, 1.82) is 0 Å². The topological polar surface area (TPSA) is 79.3 Å². The van der Waals surface area contributed by atoms with E-state index >= 15 is 0 Å². The second-order valence-corrected chi connectivity index (χ2v) is 5.02. The minimum Gasteiger partial charge on any atom is -0.481 e. The first kappa shape index (κ1) is 14.6. The van der Waals surface area contributed by atoms with Crippen molar-refractivity contribution in [2.45, 2.75) is 20.8 Å². The lowest BCUT2D eigenvalue weighted by molar-refractivity contribution is -0.145. The first-order valence-electron chi connectivity index (χ1n) is 5.49. The van der Waals surface area contributed by atoms with Gasteiger partial charge in [-0.2, -0.15) is 0 Å². The molecule has 0 aromatic carbocycles. The first-order chi connectivity index (χ1) is 8.32. The van der Waals surface area contributed by atoms with Gasteiger partial charge in [0.15, 0.2) is 0 Å². The first-order valence-corrected chi connectivity index (χ1v) is 6.29. The van der Waals surface area contributed by atoms with Crippen LogP contribution in [0, 0.1) is 18.8 Å². The van der Waals surface area contributed by atoms with Gasteiger partial charge in [-0.05, 0) is 35.0 Å². The minimum absolute atomic E-state index is 0.348. The molecule has 2 unspecified atom stereocenters. The number of nitrogens with one attached hydrogen (secondary N) is 1. The zero-order chi connectivity index (χ0) is 13.9. The van der Waals surface area contributed by atoms with Gasteiger partial charge in [-0.15, -0.1) is 0 Å². The Bertz CT molecular complexity index is 476. The summed E-state index contributed by atoms with van der Waals surface area (Å²) in [7, 11) is 0. The Balaban J connectivity index is 2.75. The van der Waals surface area contributed by atoms with E-state index in [-0.39, 0.29) is 5.91 Å². The molecule has 18 heavy (non-hydrogen) atoms. The van der Waals surface area contributed by atoms with Crippen LogP contribution >= 0.6 is 15.9 Å². The second-order valence-electron chi connectivity index (χ2n) is 4.17. The number of hydrogen-bond acceptors (Lipinski definition) is 3. The molecule has 0 spiro atoms. The van der Waals surface area contributed by atoms with Crippen molar-refractivity contribution in [3.63, 3.8) is 0 Å². The van der Waals surface area contributed by atoms with Crippen molar-refractivity contribution >= 4 is 33.6 Å². The molecule has 1 aromatic heterocycles. The van der Waals surface area contributed by atoms with Gasteiger partial charge in [-0.3, -0.25) is 9.59 Å². The summed E-state index contributed by atoms with van der Waals surface area (Å²) in [5.74, 6) is -2.27. The van der Waals surface area contributed by atoms with Gasteiger partial charge in [0.1, 0.15) is 5.82 Å². The Morgan fingerprint density at radius 3 is 2.44 bits per heavy atom. The zero-order valence-electron chi connectivity index (χ0n) is 10.4. The SMILES string of the molecule is Cc1nc(NC(=O)C(C)C(C)C(=O)O)ccc1Br. The highest BCUT2D eigenvalue weighted by molar-refractivity contribution is 9.10. The van der Waals surface area contributed by atoms with Crippen LogP contribution in [0.3, 0.4) is 0 Å². The molecule has 0 aliphatic rings. The van der Waals surface area contributed by atoms with Crippen molar-refractivity contribution in [3.8, 4) is 0 Å². The number of nitrogens with zero attached hydrogens (tertiary/aromatic N) is 1. The average Bonchev–Trinajstić information content (AvgIpc) is 2.31. The Labute approximate surface area is 114 Å². The number of halogens is 1.